The number of benzene rings is 2. The molecule has 3 nitrogen and oxygen atoms in total. The predicted octanol–water partition coefficient (Wildman–Crippen LogP) is 5.53. The summed E-state index contributed by atoms with van der Waals surface area (Å²) in [6, 6.07) is 14.0. The van der Waals surface area contributed by atoms with Gasteiger partial charge in [-0.2, -0.15) is 0 Å². The maximum Gasteiger partial charge on any atom is 0.166 e. The van der Waals surface area contributed by atoms with Gasteiger partial charge in [-0.3, -0.25) is 4.79 Å². The molecule has 0 spiro atoms. The van der Waals surface area contributed by atoms with E-state index in [0.29, 0.717) is 13.2 Å². The van der Waals surface area contributed by atoms with Gasteiger partial charge in [0, 0.05) is 22.9 Å². The summed E-state index contributed by atoms with van der Waals surface area (Å²) in [5.74, 6) is 1.71. The molecule has 1 heterocycles. The fourth-order valence-corrected chi connectivity index (χ4v) is 3.86. The molecule has 2 aromatic rings. The summed E-state index contributed by atoms with van der Waals surface area (Å²) in [5.41, 5.74) is 2.97. The highest BCUT2D eigenvalue weighted by Gasteiger charge is 2.28. The molecule has 26 heavy (non-hydrogen) atoms. The van der Waals surface area contributed by atoms with Gasteiger partial charge in [0.25, 0.3) is 0 Å². The van der Waals surface area contributed by atoms with Crippen molar-refractivity contribution in [3.05, 3.63) is 63.6 Å². The van der Waals surface area contributed by atoms with E-state index in [0.717, 1.165) is 58.4 Å². The Morgan fingerprint density at radius 3 is 2.35 bits per heavy atom. The first-order valence-electron chi connectivity index (χ1n) is 9.10. The lowest BCUT2D eigenvalue weighted by Crippen LogP contribution is -2.20. The average Bonchev–Trinajstić information content (AvgIpc) is 2.63. The number of halogens is 1. The third-order valence-electron chi connectivity index (χ3n) is 4.91. The maximum absolute atomic E-state index is 13.1. The van der Waals surface area contributed by atoms with Crippen LogP contribution in [0.1, 0.15) is 42.7 Å². The Kier molecular flexibility index (Phi) is 5.11. The Bertz CT molecular complexity index is 815. The van der Waals surface area contributed by atoms with Crippen molar-refractivity contribution in [2.45, 2.75) is 31.6 Å². The molecule has 1 unspecified atom stereocenters. The number of carbonyl (C=O) groups is 1. The summed E-state index contributed by atoms with van der Waals surface area (Å²) in [6.45, 7) is 1.30. The van der Waals surface area contributed by atoms with Crippen molar-refractivity contribution in [3.8, 4) is 11.5 Å². The Labute approximate surface area is 162 Å². The average molecular weight is 413 g/mol. The largest absolute Gasteiger partial charge is 0.493 e. The van der Waals surface area contributed by atoms with Gasteiger partial charge in [-0.1, -0.05) is 28.1 Å². The topological polar surface area (TPSA) is 35.5 Å². The van der Waals surface area contributed by atoms with Gasteiger partial charge in [0.1, 0.15) is 11.5 Å². The zero-order valence-electron chi connectivity index (χ0n) is 14.5. The van der Waals surface area contributed by atoms with Crippen LogP contribution in [-0.4, -0.2) is 19.0 Å². The second-order valence-electron chi connectivity index (χ2n) is 6.82. The van der Waals surface area contributed by atoms with Crippen LogP contribution in [0.25, 0.3) is 6.08 Å². The highest BCUT2D eigenvalue weighted by atomic mass is 79.9. The van der Waals surface area contributed by atoms with Crippen LogP contribution in [0.2, 0.25) is 0 Å². The minimum Gasteiger partial charge on any atom is -0.493 e. The lowest BCUT2D eigenvalue weighted by Gasteiger charge is -2.25. The molecule has 0 aromatic heterocycles. The van der Waals surface area contributed by atoms with E-state index in [4.69, 9.17) is 9.47 Å². The van der Waals surface area contributed by atoms with Gasteiger partial charge < -0.3 is 9.47 Å². The van der Waals surface area contributed by atoms with Crippen LogP contribution in [-0.2, 0) is 4.79 Å². The molecule has 2 bridgehead atoms. The summed E-state index contributed by atoms with van der Waals surface area (Å²) in [6.07, 6.45) is 5.63. The molecule has 4 rings (SSSR count). The van der Waals surface area contributed by atoms with Crippen LogP contribution in [0.15, 0.2) is 52.5 Å². The fraction of sp³-hybridized carbons (Fsp3) is 0.318. The van der Waals surface area contributed by atoms with E-state index < -0.39 is 0 Å². The number of rotatable bonds is 2. The van der Waals surface area contributed by atoms with Crippen LogP contribution in [0.4, 0.5) is 0 Å². The van der Waals surface area contributed by atoms with E-state index in [2.05, 4.69) is 15.9 Å². The molecular formula is C22H21BrO3. The van der Waals surface area contributed by atoms with Gasteiger partial charge in [-0.05, 0) is 66.3 Å². The highest BCUT2D eigenvalue weighted by molar-refractivity contribution is 9.10. The van der Waals surface area contributed by atoms with Crippen LogP contribution in [0.5, 0.6) is 11.5 Å². The third kappa shape index (κ3) is 3.85. The molecule has 1 saturated carbocycles. The van der Waals surface area contributed by atoms with Crippen molar-refractivity contribution < 1.29 is 14.3 Å². The van der Waals surface area contributed by atoms with Gasteiger partial charge >= 0.3 is 0 Å². The first-order valence-corrected chi connectivity index (χ1v) is 9.89. The molecule has 0 saturated heterocycles. The highest BCUT2D eigenvalue weighted by Crippen LogP contribution is 2.37. The fourth-order valence-electron chi connectivity index (χ4n) is 3.60. The number of allylic oxidation sites excluding steroid dienone is 1. The van der Waals surface area contributed by atoms with Crippen molar-refractivity contribution in [1.82, 2.24) is 0 Å². The molecular weight excluding hydrogens is 392 g/mol. The predicted molar refractivity (Wildman–Crippen MR) is 106 cm³/mol. The molecule has 4 heteroatoms. The number of ether oxygens (including phenoxy) is 2. The van der Waals surface area contributed by atoms with Crippen molar-refractivity contribution in [1.29, 1.82) is 0 Å². The van der Waals surface area contributed by atoms with Crippen LogP contribution in [0.3, 0.4) is 0 Å². The maximum atomic E-state index is 13.1. The minimum absolute atomic E-state index is 0.115. The molecule has 1 aliphatic heterocycles. The first-order chi connectivity index (χ1) is 12.7. The van der Waals surface area contributed by atoms with E-state index in [1.54, 1.807) is 0 Å². The van der Waals surface area contributed by atoms with Gasteiger partial charge in [0.2, 0.25) is 0 Å². The van der Waals surface area contributed by atoms with Gasteiger partial charge in [-0.25, -0.2) is 0 Å². The number of carbonyl (C=O) groups excluding carboxylic acids is 1. The van der Waals surface area contributed by atoms with E-state index in [1.807, 2.05) is 48.5 Å². The second-order valence-corrected chi connectivity index (χ2v) is 7.73. The molecule has 1 atom stereocenters. The zero-order chi connectivity index (χ0) is 17.9. The van der Waals surface area contributed by atoms with E-state index >= 15 is 0 Å². The monoisotopic (exact) mass is 412 g/mol. The molecule has 0 radical (unpaired) electrons. The van der Waals surface area contributed by atoms with Crippen LogP contribution in [0, 0.1) is 0 Å². The summed E-state index contributed by atoms with van der Waals surface area (Å²) in [5, 5.41) is 0. The Hall–Kier alpha value is -2.07. The summed E-state index contributed by atoms with van der Waals surface area (Å²) >= 11 is 3.45. The molecule has 1 fully saturated rings. The minimum atomic E-state index is -0.115. The Balaban J connectivity index is 1.62. The normalized spacial score (nSPS) is 21.5. The first kappa shape index (κ1) is 17.3. The lowest BCUT2D eigenvalue weighted by atomic mass is 9.79. The van der Waals surface area contributed by atoms with Gasteiger partial charge in [-0.15, -0.1) is 0 Å². The number of Topliss-reactive ketones (excluding diaryl/α,β-unsaturated/α-hetero) is 1. The molecule has 134 valence electrons. The van der Waals surface area contributed by atoms with Crippen molar-refractivity contribution in [2.24, 2.45) is 0 Å². The van der Waals surface area contributed by atoms with Crippen molar-refractivity contribution in [3.63, 3.8) is 0 Å². The molecule has 2 aliphatic rings. The summed E-state index contributed by atoms with van der Waals surface area (Å²) in [4.78, 5) is 13.1. The number of hydrogen-bond donors (Lipinski definition) is 0. The SMILES string of the molecule is O=C1/C(=C/c2ccc(Br)cc2)CCCC1c1cc2cc(c1)OCCCO2. The van der Waals surface area contributed by atoms with Gasteiger partial charge in [0.15, 0.2) is 5.78 Å². The van der Waals surface area contributed by atoms with E-state index in [-0.39, 0.29) is 11.7 Å². The molecule has 0 N–H and O–H groups in total. The van der Waals surface area contributed by atoms with Crippen LogP contribution >= 0.6 is 15.9 Å². The Morgan fingerprint density at radius 2 is 1.65 bits per heavy atom. The number of hydrogen-bond acceptors (Lipinski definition) is 3. The van der Waals surface area contributed by atoms with Crippen molar-refractivity contribution in [2.75, 3.05) is 13.2 Å². The molecule has 1 aliphatic carbocycles. The molecule has 0 amide bonds. The quantitative estimate of drug-likeness (QED) is 0.608. The smallest absolute Gasteiger partial charge is 0.166 e. The summed E-state index contributed by atoms with van der Waals surface area (Å²) < 4.78 is 12.6. The number of fused-ring (bicyclic) bond motifs is 2. The standard InChI is InChI=1S/C22H21BrO3/c23-18-7-5-15(6-8-18)11-16-3-1-4-21(22(16)24)17-12-19-14-20(13-17)26-10-2-9-25-19/h5-8,11-14,21H,1-4,9-10H2/b16-11+. The zero-order valence-corrected chi connectivity index (χ0v) is 16.1. The second kappa shape index (κ2) is 7.67. The third-order valence-corrected chi connectivity index (χ3v) is 5.44. The van der Waals surface area contributed by atoms with Crippen LogP contribution < -0.4 is 9.47 Å². The van der Waals surface area contributed by atoms with Gasteiger partial charge in [0.05, 0.1) is 13.2 Å². The Morgan fingerprint density at radius 1 is 0.962 bits per heavy atom. The summed E-state index contributed by atoms with van der Waals surface area (Å²) in [7, 11) is 0. The molecule has 2 aromatic carbocycles. The lowest BCUT2D eigenvalue weighted by molar-refractivity contribution is -0.117. The van der Waals surface area contributed by atoms with E-state index in [1.165, 1.54) is 0 Å². The number of ketones is 1. The van der Waals surface area contributed by atoms with E-state index in [9.17, 15) is 4.79 Å². The van der Waals surface area contributed by atoms with Crippen molar-refractivity contribution >= 4 is 27.8 Å².